The summed E-state index contributed by atoms with van der Waals surface area (Å²) >= 11 is 0. The largest absolute Gasteiger partial charge is 0.343 e. The number of nitrogens with one attached hydrogen (secondary N) is 3. The van der Waals surface area contributed by atoms with E-state index in [0.717, 1.165) is 4.57 Å². The molecule has 0 spiro atoms. The lowest BCUT2D eigenvalue weighted by atomic mass is 10.0. The van der Waals surface area contributed by atoms with Gasteiger partial charge in [-0.2, -0.15) is 4.39 Å². The maximum atomic E-state index is 13.3. The molecule has 30 heavy (non-hydrogen) atoms. The van der Waals surface area contributed by atoms with E-state index in [9.17, 15) is 23.6 Å². The van der Waals surface area contributed by atoms with Crippen LogP contribution in [0.4, 0.5) is 10.1 Å². The lowest BCUT2D eigenvalue weighted by Gasteiger charge is -2.19. The highest BCUT2D eigenvalue weighted by Gasteiger charge is 2.22. The second-order valence-corrected chi connectivity index (χ2v) is 7.02. The van der Waals surface area contributed by atoms with Crippen LogP contribution in [0.25, 0.3) is 0 Å². The third-order valence-electron chi connectivity index (χ3n) is 4.35. The average molecular weight is 442 g/mol. The lowest BCUT2D eigenvalue weighted by molar-refractivity contribution is -0.127. The van der Waals surface area contributed by atoms with Crippen LogP contribution in [0.15, 0.2) is 40.1 Å². The molecule has 0 aliphatic carbocycles. The Labute approximate surface area is 178 Å². The van der Waals surface area contributed by atoms with Gasteiger partial charge in [0.05, 0.1) is 12.6 Å². The molecule has 1 aromatic carbocycles. The van der Waals surface area contributed by atoms with Gasteiger partial charge >= 0.3 is 5.69 Å². The molecule has 0 aliphatic rings. The Morgan fingerprint density at radius 3 is 2.30 bits per heavy atom. The highest BCUT2D eigenvalue weighted by molar-refractivity contribution is 5.97. The number of hydrogen-bond donors (Lipinski definition) is 4. The molecule has 0 radical (unpaired) electrons. The van der Waals surface area contributed by atoms with Crippen LogP contribution in [-0.2, 0) is 16.1 Å². The quantitative estimate of drug-likeness (QED) is 0.497. The van der Waals surface area contributed by atoms with Crippen molar-refractivity contribution in [3.63, 3.8) is 0 Å². The molecule has 2 rings (SSSR count). The summed E-state index contributed by atoms with van der Waals surface area (Å²) in [6.45, 7) is 5.03. The lowest BCUT2D eigenvalue weighted by Crippen LogP contribution is -2.50. The molecule has 0 fully saturated rings. The fraction of sp³-hybridized carbons (Fsp3) is 0.368. The summed E-state index contributed by atoms with van der Waals surface area (Å²) in [7, 11) is 0. The standard InChI is InChI=1S/C19H24FN5O4.ClH/c1-10(2)15(21)17(27)23-11(3)16(26)24-13-6-4-12(5-7-13)9-25-18(28)14(20)8-22-19(25)29;/h4-8,10-11,15H,9,21H2,1-3H3,(H,22,29)(H,23,27)(H,24,26);1H/t11-,15-;/m0./s1. The van der Waals surface area contributed by atoms with Crippen molar-refractivity contribution in [3.05, 3.63) is 62.7 Å². The third-order valence-corrected chi connectivity index (χ3v) is 4.35. The number of aromatic amines is 1. The van der Waals surface area contributed by atoms with Gasteiger partial charge in [-0.15, -0.1) is 12.4 Å². The molecule has 2 amide bonds. The first-order valence-corrected chi connectivity index (χ1v) is 9.04. The smallest absolute Gasteiger partial charge is 0.328 e. The zero-order chi connectivity index (χ0) is 21.7. The second kappa shape index (κ2) is 10.7. The van der Waals surface area contributed by atoms with Gasteiger partial charge in [0.15, 0.2) is 0 Å². The summed E-state index contributed by atoms with van der Waals surface area (Å²) in [6, 6.07) is 4.81. The number of halogens is 2. The van der Waals surface area contributed by atoms with Crippen LogP contribution in [0.2, 0.25) is 0 Å². The first-order chi connectivity index (χ1) is 13.6. The van der Waals surface area contributed by atoms with Gasteiger partial charge < -0.3 is 21.4 Å². The number of hydrogen-bond acceptors (Lipinski definition) is 5. The van der Waals surface area contributed by atoms with Crippen molar-refractivity contribution >= 4 is 29.9 Å². The minimum absolute atomic E-state index is 0. The van der Waals surface area contributed by atoms with E-state index in [1.54, 1.807) is 24.3 Å². The monoisotopic (exact) mass is 441 g/mol. The molecule has 0 unspecified atom stereocenters. The number of carbonyl (C=O) groups excluding carboxylic acids is 2. The van der Waals surface area contributed by atoms with E-state index < -0.39 is 41.0 Å². The van der Waals surface area contributed by atoms with Crippen LogP contribution >= 0.6 is 12.4 Å². The molecular formula is C19H25ClFN5O4. The van der Waals surface area contributed by atoms with Crippen LogP contribution in [0.5, 0.6) is 0 Å². The number of H-pyrrole nitrogens is 1. The first kappa shape index (κ1) is 25.1. The van der Waals surface area contributed by atoms with Crippen molar-refractivity contribution in [2.24, 2.45) is 11.7 Å². The van der Waals surface area contributed by atoms with Crippen molar-refractivity contribution in [2.75, 3.05) is 5.32 Å². The first-order valence-electron chi connectivity index (χ1n) is 9.04. The van der Waals surface area contributed by atoms with Gasteiger partial charge in [-0.05, 0) is 30.5 Å². The molecule has 2 aromatic rings. The molecule has 0 saturated heterocycles. The van der Waals surface area contributed by atoms with Gasteiger partial charge in [0, 0.05) is 11.9 Å². The van der Waals surface area contributed by atoms with E-state index >= 15 is 0 Å². The van der Waals surface area contributed by atoms with E-state index in [2.05, 4.69) is 15.6 Å². The van der Waals surface area contributed by atoms with E-state index in [-0.39, 0.29) is 24.9 Å². The van der Waals surface area contributed by atoms with Gasteiger partial charge in [-0.3, -0.25) is 19.0 Å². The summed E-state index contributed by atoms with van der Waals surface area (Å²) < 4.78 is 14.1. The van der Waals surface area contributed by atoms with Crippen molar-refractivity contribution in [3.8, 4) is 0 Å². The summed E-state index contributed by atoms with van der Waals surface area (Å²) in [5, 5.41) is 5.20. The second-order valence-electron chi connectivity index (χ2n) is 7.02. The van der Waals surface area contributed by atoms with Gasteiger partial charge in [0.25, 0.3) is 5.56 Å². The molecule has 1 aromatic heterocycles. The van der Waals surface area contributed by atoms with Crippen molar-refractivity contribution in [2.45, 2.75) is 39.4 Å². The summed E-state index contributed by atoms with van der Waals surface area (Å²) in [5.41, 5.74) is 5.03. The molecule has 5 N–H and O–H groups in total. The highest BCUT2D eigenvalue weighted by atomic mass is 35.5. The highest BCUT2D eigenvalue weighted by Crippen LogP contribution is 2.10. The minimum Gasteiger partial charge on any atom is -0.343 e. The van der Waals surface area contributed by atoms with Crippen LogP contribution in [0.1, 0.15) is 26.3 Å². The Balaban J connectivity index is 0.00000450. The minimum atomic E-state index is -1.05. The molecule has 1 heterocycles. The average Bonchev–Trinajstić information content (AvgIpc) is 2.68. The Kier molecular flexibility index (Phi) is 8.94. The number of nitrogens with zero attached hydrogens (tertiary/aromatic N) is 1. The number of benzene rings is 1. The molecule has 2 atom stereocenters. The summed E-state index contributed by atoms with van der Waals surface area (Å²) in [4.78, 5) is 49.8. The van der Waals surface area contributed by atoms with Crippen molar-refractivity contribution < 1.29 is 14.0 Å². The molecule has 0 saturated carbocycles. The molecular weight excluding hydrogens is 417 g/mol. The van der Waals surface area contributed by atoms with Crippen LogP contribution in [0, 0.1) is 11.7 Å². The fourth-order valence-corrected chi connectivity index (χ4v) is 2.43. The van der Waals surface area contributed by atoms with Crippen molar-refractivity contribution in [1.29, 1.82) is 0 Å². The predicted molar refractivity (Wildman–Crippen MR) is 113 cm³/mol. The Bertz CT molecular complexity index is 1000. The van der Waals surface area contributed by atoms with Gasteiger partial charge in [0.1, 0.15) is 6.04 Å². The number of aromatic nitrogens is 2. The normalized spacial score (nSPS) is 12.6. The number of rotatable bonds is 7. The maximum absolute atomic E-state index is 13.3. The van der Waals surface area contributed by atoms with Crippen LogP contribution in [0.3, 0.4) is 0 Å². The summed E-state index contributed by atoms with van der Waals surface area (Å²) in [5.74, 6) is -1.96. The Hall–Kier alpha value is -2.98. The Morgan fingerprint density at radius 1 is 1.13 bits per heavy atom. The fourth-order valence-electron chi connectivity index (χ4n) is 2.43. The van der Waals surface area contributed by atoms with E-state index in [0.29, 0.717) is 17.4 Å². The molecule has 0 aliphatic heterocycles. The van der Waals surface area contributed by atoms with Gasteiger partial charge in [0.2, 0.25) is 17.6 Å². The third kappa shape index (κ3) is 6.26. The molecule has 9 nitrogen and oxygen atoms in total. The zero-order valence-corrected chi connectivity index (χ0v) is 17.6. The number of anilines is 1. The predicted octanol–water partition coefficient (Wildman–Crippen LogP) is 0.572. The van der Waals surface area contributed by atoms with Crippen molar-refractivity contribution in [1.82, 2.24) is 14.9 Å². The van der Waals surface area contributed by atoms with E-state index in [1.807, 2.05) is 13.8 Å². The van der Waals surface area contributed by atoms with Gasteiger partial charge in [-0.1, -0.05) is 26.0 Å². The number of carbonyl (C=O) groups is 2. The maximum Gasteiger partial charge on any atom is 0.328 e. The molecule has 11 heteroatoms. The molecule has 164 valence electrons. The van der Waals surface area contributed by atoms with Crippen LogP contribution < -0.4 is 27.6 Å². The SMILES string of the molecule is CC(C)[C@H](N)C(=O)N[C@@H](C)C(=O)Nc1ccc(Cn2c(=O)[nH]cc(F)c2=O)cc1.Cl. The van der Waals surface area contributed by atoms with E-state index in [1.165, 1.54) is 6.92 Å². The molecule has 0 bridgehead atoms. The zero-order valence-electron chi connectivity index (χ0n) is 16.8. The number of nitrogens with two attached hydrogens (primary N) is 1. The van der Waals surface area contributed by atoms with E-state index in [4.69, 9.17) is 5.73 Å². The Morgan fingerprint density at radius 2 is 1.73 bits per heavy atom. The van der Waals surface area contributed by atoms with Gasteiger partial charge in [-0.25, -0.2) is 4.79 Å². The topological polar surface area (TPSA) is 139 Å². The summed E-state index contributed by atoms with van der Waals surface area (Å²) in [6.07, 6.45) is 0.716. The van der Waals surface area contributed by atoms with Crippen LogP contribution in [-0.4, -0.2) is 33.4 Å². The number of amides is 2.